The van der Waals surface area contributed by atoms with Gasteiger partial charge in [-0.15, -0.1) is 0 Å². The highest BCUT2D eigenvalue weighted by atomic mass is 19.1. The van der Waals surface area contributed by atoms with E-state index in [4.69, 9.17) is 9.47 Å². The van der Waals surface area contributed by atoms with E-state index in [1.807, 2.05) is 13.8 Å². The molecule has 0 fully saturated rings. The summed E-state index contributed by atoms with van der Waals surface area (Å²) in [6, 6.07) is 4.28. The van der Waals surface area contributed by atoms with Gasteiger partial charge in [0, 0.05) is 26.4 Å². The molecule has 0 bridgehead atoms. The van der Waals surface area contributed by atoms with Crippen molar-refractivity contribution in [1.29, 1.82) is 0 Å². The summed E-state index contributed by atoms with van der Waals surface area (Å²) in [4.78, 5) is 16.0. The fraction of sp³-hybridized carbons (Fsp3) is 0.467. The van der Waals surface area contributed by atoms with Crippen LogP contribution in [0.2, 0.25) is 0 Å². The predicted molar refractivity (Wildman–Crippen MR) is 79.9 cm³/mol. The number of nitrogens with zero attached hydrogens (tertiary/aromatic N) is 2. The lowest BCUT2D eigenvalue weighted by Gasteiger charge is -2.16. The normalized spacial score (nSPS) is 10.6. The van der Waals surface area contributed by atoms with Gasteiger partial charge in [0.1, 0.15) is 5.82 Å². The molecule has 0 radical (unpaired) electrons. The molecule has 0 unspecified atom stereocenters. The lowest BCUT2D eigenvalue weighted by molar-refractivity contribution is -0.110. The van der Waals surface area contributed by atoms with Crippen molar-refractivity contribution in [2.75, 3.05) is 14.2 Å². The average Bonchev–Trinajstić information content (AvgIpc) is 2.50. The lowest BCUT2D eigenvalue weighted by atomic mass is 10.2. The molecule has 0 amide bonds. The molecule has 0 aromatic carbocycles. The number of rotatable bonds is 4. The van der Waals surface area contributed by atoms with Gasteiger partial charge in [0.25, 0.3) is 5.56 Å². The van der Waals surface area contributed by atoms with Gasteiger partial charge in [-0.25, -0.2) is 9.37 Å². The maximum atomic E-state index is 13.6. The smallest absolute Gasteiger partial charge is 0.251 e. The summed E-state index contributed by atoms with van der Waals surface area (Å²) in [7, 11) is 2.96. The zero-order valence-electron chi connectivity index (χ0n) is 13.0. The standard InChI is InChI=1S/C13H15FN2O3.C2H6/c1-8-9(14)6-11-10(15-8)4-5-12(17)16(11)7-13(18-2)19-3;1-2/h4-6,13H,7H2,1-3H3;1-2H3. The van der Waals surface area contributed by atoms with Gasteiger partial charge in [-0.3, -0.25) is 4.79 Å². The van der Waals surface area contributed by atoms with Gasteiger partial charge in [0.15, 0.2) is 6.29 Å². The van der Waals surface area contributed by atoms with E-state index in [-0.39, 0.29) is 12.1 Å². The topological polar surface area (TPSA) is 53.4 Å². The van der Waals surface area contributed by atoms with Crippen molar-refractivity contribution >= 4 is 11.0 Å². The Hall–Kier alpha value is -1.79. The fourth-order valence-electron chi connectivity index (χ4n) is 1.87. The first kappa shape index (κ1) is 17.3. The molecule has 0 N–H and O–H groups in total. The quantitative estimate of drug-likeness (QED) is 0.813. The molecule has 6 heteroatoms. The van der Waals surface area contributed by atoms with E-state index >= 15 is 0 Å². The molecule has 2 heterocycles. The molecule has 0 aliphatic carbocycles. The van der Waals surface area contributed by atoms with Crippen LogP contribution in [0.25, 0.3) is 11.0 Å². The van der Waals surface area contributed by atoms with Gasteiger partial charge in [-0.1, -0.05) is 13.8 Å². The molecule has 21 heavy (non-hydrogen) atoms. The van der Waals surface area contributed by atoms with Crippen LogP contribution in [0.5, 0.6) is 0 Å². The summed E-state index contributed by atoms with van der Waals surface area (Å²) >= 11 is 0. The molecule has 0 aliphatic heterocycles. The zero-order valence-corrected chi connectivity index (χ0v) is 13.0. The van der Waals surface area contributed by atoms with Crippen LogP contribution >= 0.6 is 0 Å². The summed E-state index contributed by atoms with van der Waals surface area (Å²) in [6.45, 7) is 5.75. The number of ether oxygens (including phenoxy) is 2. The van der Waals surface area contributed by atoms with E-state index in [0.717, 1.165) is 0 Å². The summed E-state index contributed by atoms with van der Waals surface area (Å²) in [5, 5.41) is 0. The van der Waals surface area contributed by atoms with Gasteiger partial charge in [0.05, 0.1) is 23.3 Å². The van der Waals surface area contributed by atoms with Crippen LogP contribution in [0.15, 0.2) is 23.0 Å². The summed E-state index contributed by atoms with van der Waals surface area (Å²) in [6.07, 6.45) is -0.576. The van der Waals surface area contributed by atoms with E-state index in [2.05, 4.69) is 4.98 Å². The minimum Gasteiger partial charge on any atom is -0.354 e. The maximum absolute atomic E-state index is 13.6. The Balaban J connectivity index is 0.00000106. The predicted octanol–water partition coefficient (Wildman–Crippen LogP) is 2.49. The summed E-state index contributed by atoms with van der Waals surface area (Å²) < 4.78 is 25.1. The molecular formula is C15H21FN2O3. The molecule has 0 aliphatic rings. The third-order valence-corrected chi connectivity index (χ3v) is 2.96. The van der Waals surface area contributed by atoms with Crippen molar-refractivity contribution in [3.05, 3.63) is 40.1 Å². The van der Waals surface area contributed by atoms with E-state index in [1.54, 1.807) is 13.0 Å². The molecular weight excluding hydrogens is 275 g/mol. The monoisotopic (exact) mass is 296 g/mol. The van der Waals surface area contributed by atoms with Crippen molar-refractivity contribution < 1.29 is 13.9 Å². The second-order valence-corrected chi connectivity index (χ2v) is 4.14. The van der Waals surface area contributed by atoms with Crippen LogP contribution in [0.3, 0.4) is 0 Å². The number of hydrogen-bond acceptors (Lipinski definition) is 4. The third-order valence-electron chi connectivity index (χ3n) is 2.96. The van der Waals surface area contributed by atoms with Crippen LogP contribution < -0.4 is 5.56 Å². The Morgan fingerprint density at radius 2 is 1.90 bits per heavy atom. The van der Waals surface area contributed by atoms with Crippen molar-refractivity contribution in [2.45, 2.75) is 33.6 Å². The van der Waals surface area contributed by atoms with Gasteiger partial charge in [0.2, 0.25) is 0 Å². The Labute approximate surface area is 123 Å². The fourth-order valence-corrected chi connectivity index (χ4v) is 1.87. The van der Waals surface area contributed by atoms with E-state index in [1.165, 1.54) is 30.9 Å². The van der Waals surface area contributed by atoms with E-state index in [9.17, 15) is 9.18 Å². The number of halogens is 1. The molecule has 2 rings (SSSR count). The van der Waals surface area contributed by atoms with Crippen LogP contribution in [0.4, 0.5) is 4.39 Å². The Kier molecular flexibility index (Phi) is 6.45. The average molecular weight is 296 g/mol. The highest BCUT2D eigenvalue weighted by molar-refractivity contribution is 5.74. The highest BCUT2D eigenvalue weighted by Crippen LogP contribution is 2.14. The summed E-state index contributed by atoms with van der Waals surface area (Å²) in [5.74, 6) is -0.446. The maximum Gasteiger partial charge on any atom is 0.251 e. The van der Waals surface area contributed by atoms with Crippen molar-refractivity contribution in [3.8, 4) is 0 Å². The van der Waals surface area contributed by atoms with Gasteiger partial charge >= 0.3 is 0 Å². The number of hydrogen-bond donors (Lipinski definition) is 0. The Morgan fingerprint density at radius 3 is 2.48 bits per heavy atom. The van der Waals surface area contributed by atoms with E-state index < -0.39 is 12.1 Å². The second kappa shape index (κ2) is 7.85. The molecule has 116 valence electrons. The number of pyridine rings is 2. The van der Waals surface area contributed by atoms with E-state index in [0.29, 0.717) is 16.7 Å². The first-order valence-electron chi connectivity index (χ1n) is 6.79. The third kappa shape index (κ3) is 3.86. The second-order valence-electron chi connectivity index (χ2n) is 4.14. The van der Waals surface area contributed by atoms with Crippen molar-refractivity contribution in [3.63, 3.8) is 0 Å². The largest absolute Gasteiger partial charge is 0.354 e. The van der Waals surface area contributed by atoms with Gasteiger partial charge in [-0.2, -0.15) is 0 Å². The number of fused-ring (bicyclic) bond motifs is 1. The SMILES string of the molecule is CC.COC(Cn1c(=O)ccc2nc(C)c(F)cc21)OC. The molecule has 2 aromatic heterocycles. The van der Waals surface area contributed by atoms with Gasteiger partial charge in [-0.05, 0) is 13.0 Å². The first-order chi connectivity index (χ1) is 10.1. The Morgan fingerprint density at radius 1 is 1.29 bits per heavy atom. The molecule has 0 saturated heterocycles. The summed E-state index contributed by atoms with van der Waals surface area (Å²) in [5.41, 5.74) is 1.03. The number of methoxy groups -OCH3 is 2. The Bertz CT molecular complexity index is 651. The lowest BCUT2D eigenvalue weighted by Crippen LogP contribution is -2.28. The molecule has 0 spiro atoms. The number of aromatic nitrogens is 2. The van der Waals surface area contributed by atoms with Crippen LogP contribution in [0, 0.1) is 12.7 Å². The molecule has 0 saturated carbocycles. The van der Waals surface area contributed by atoms with Crippen LogP contribution in [-0.2, 0) is 16.0 Å². The minimum atomic E-state index is -0.576. The van der Waals surface area contributed by atoms with Gasteiger partial charge < -0.3 is 14.0 Å². The molecule has 2 aromatic rings. The highest BCUT2D eigenvalue weighted by Gasteiger charge is 2.12. The van der Waals surface area contributed by atoms with Crippen LogP contribution in [-0.4, -0.2) is 30.1 Å². The number of aryl methyl sites for hydroxylation is 1. The molecule has 0 atom stereocenters. The minimum absolute atomic E-state index is 0.174. The van der Waals surface area contributed by atoms with Crippen molar-refractivity contribution in [1.82, 2.24) is 9.55 Å². The first-order valence-corrected chi connectivity index (χ1v) is 6.79. The zero-order chi connectivity index (χ0) is 16.0. The van der Waals surface area contributed by atoms with Crippen molar-refractivity contribution in [2.24, 2.45) is 0 Å². The molecule has 5 nitrogen and oxygen atoms in total. The van der Waals surface area contributed by atoms with Crippen LogP contribution in [0.1, 0.15) is 19.5 Å².